The van der Waals surface area contributed by atoms with E-state index in [-0.39, 0.29) is 5.91 Å². The van der Waals surface area contributed by atoms with Crippen LogP contribution in [0.15, 0.2) is 42.7 Å². The second kappa shape index (κ2) is 8.26. The highest BCUT2D eigenvalue weighted by Gasteiger charge is 2.21. The average molecular weight is 439 g/mol. The van der Waals surface area contributed by atoms with Crippen LogP contribution in [0.4, 0.5) is 5.95 Å². The topological polar surface area (TPSA) is 99.1 Å². The molecule has 0 fully saturated rings. The average Bonchev–Trinajstić information content (AvgIpc) is 3.40. The Balaban J connectivity index is 1.66. The summed E-state index contributed by atoms with van der Waals surface area (Å²) in [5.74, 6) is 0.183. The lowest BCUT2D eigenvalue weighted by Gasteiger charge is -2.20. The van der Waals surface area contributed by atoms with E-state index in [1.54, 1.807) is 32.3 Å². The second-order valence-corrected chi connectivity index (χ2v) is 9.58. The van der Waals surface area contributed by atoms with E-state index >= 15 is 0 Å². The molecule has 1 amide bonds. The van der Waals surface area contributed by atoms with Crippen LogP contribution in [0.5, 0.6) is 0 Å². The standard InChI is InChI=1S/C22H26N6O2S/c1-22(2,30)13-28-17-6-5-14(12-27(3)4)9-16(17)25-21(28)26-20(29)19-8-7-18(31-19)15-10-23-24-11-15/h5-11,30H,12-13H2,1-4H3,(H,23,24)(H,25,26,29). The molecule has 0 aliphatic heterocycles. The molecule has 0 saturated heterocycles. The van der Waals surface area contributed by atoms with Gasteiger partial charge in [-0.15, -0.1) is 11.3 Å². The number of benzene rings is 1. The first-order chi connectivity index (χ1) is 14.7. The van der Waals surface area contributed by atoms with E-state index in [4.69, 9.17) is 0 Å². The Bertz CT molecular complexity index is 1200. The van der Waals surface area contributed by atoms with Crippen LogP contribution in [0.3, 0.4) is 0 Å². The number of rotatable bonds is 7. The van der Waals surface area contributed by atoms with Gasteiger partial charge in [0.15, 0.2) is 0 Å². The first kappa shape index (κ1) is 21.2. The molecule has 9 heteroatoms. The Morgan fingerprint density at radius 3 is 2.77 bits per heavy atom. The van der Waals surface area contributed by atoms with Gasteiger partial charge in [0.2, 0.25) is 5.95 Å². The Morgan fingerprint density at radius 1 is 1.29 bits per heavy atom. The molecule has 0 aliphatic carbocycles. The normalized spacial score (nSPS) is 12.1. The van der Waals surface area contributed by atoms with Gasteiger partial charge < -0.3 is 14.6 Å². The Hall–Kier alpha value is -3.01. The molecule has 8 nitrogen and oxygen atoms in total. The maximum absolute atomic E-state index is 13.0. The van der Waals surface area contributed by atoms with Gasteiger partial charge in [-0.2, -0.15) is 5.10 Å². The molecule has 0 radical (unpaired) electrons. The third-order valence-corrected chi connectivity index (χ3v) is 5.83. The van der Waals surface area contributed by atoms with Crippen molar-refractivity contribution in [1.29, 1.82) is 0 Å². The van der Waals surface area contributed by atoms with Gasteiger partial charge in [-0.25, -0.2) is 4.98 Å². The molecule has 4 rings (SSSR count). The summed E-state index contributed by atoms with van der Waals surface area (Å²) in [5.41, 5.74) is 2.75. The summed E-state index contributed by atoms with van der Waals surface area (Å²) in [4.78, 5) is 21.3. The Labute approximate surface area is 184 Å². The molecule has 3 N–H and O–H groups in total. The van der Waals surface area contributed by atoms with Gasteiger partial charge in [0.05, 0.1) is 34.3 Å². The predicted molar refractivity (Wildman–Crippen MR) is 123 cm³/mol. The second-order valence-electron chi connectivity index (χ2n) is 8.50. The van der Waals surface area contributed by atoms with Crippen molar-refractivity contribution < 1.29 is 9.90 Å². The fourth-order valence-electron chi connectivity index (χ4n) is 3.45. The zero-order chi connectivity index (χ0) is 22.2. The lowest BCUT2D eigenvalue weighted by atomic mass is 10.1. The fourth-order valence-corrected chi connectivity index (χ4v) is 4.33. The number of nitrogens with one attached hydrogen (secondary N) is 2. The van der Waals surface area contributed by atoms with E-state index in [1.807, 2.05) is 42.9 Å². The van der Waals surface area contributed by atoms with Crippen molar-refractivity contribution in [2.24, 2.45) is 0 Å². The molecule has 162 valence electrons. The summed E-state index contributed by atoms with van der Waals surface area (Å²) in [6.07, 6.45) is 3.52. The number of carbonyl (C=O) groups excluding carboxylic acids is 1. The maximum atomic E-state index is 13.0. The fraction of sp³-hybridized carbons (Fsp3) is 0.318. The van der Waals surface area contributed by atoms with Gasteiger partial charge in [0, 0.05) is 23.2 Å². The molecule has 0 aliphatic rings. The largest absolute Gasteiger partial charge is 0.389 e. The summed E-state index contributed by atoms with van der Waals surface area (Å²) in [5, 5.41) is 20.1. The van der Waals surface area contributed by atoms with Crippen molar-refractivity contribution in [2.75, 3.05) is 19.4 Å². The van der Waals surface area contributed by atoms with Crippen molar-refractivity contribution in [3.63, 3.8) is 0 Å². The number of hydrogen-bond acceptors (Lipinski definition) is 6. The van der Waals surface area contributed by atoms with Crippen molar-refractivity contribution in [3.05, 3.63) is 53.2 Å². The predicted octanol–water partition coefficient (Wildman–Crippen LogP) is 3.57. The van der Waals surface area contributed by atoms with Crippen molar-refractivity contribution in [1.82, 2.24) is 24.6 Å². The van der Waals surface area contributed by atoms with Crippen LogP contribution in [-0.4, -0.2) is 55.4 Å². The van der Waals surface area contributed by atoms with E-state index in [2.05, 4.69) is 25.4 Å². The zero-order valence-electron chi connectivity index (χ0n) is 18.0. The van der Waals surface area contributed by atoms with Gasteiger partial charge in [0.1, 0.15) is 0 Å². The lowest BCUT2D eigenvalue weighted by molar-refractivity contribution is 0.0630. The van der Waals surface area contributed by atoms with Crippen molar-refractivity contribution in [3.8, 4) is 10.4 Å². The number of aromatic amines is 1. The number of nitrogens with zero attached hydrogens (tertiary/aromatic N) is 4. The van der Waals surface area contributed by atoms with E-state index in [1.165, 1.54) is 11.3 Å². The van der Waals surface area contributed by atoms with Crippen LogP contribution < -0.4 is 5.32 Å². The molecular formula is C22H26N6O2S. The van der Waals surface area contributed by atoms with Crippen LogP contribution in [0.25, 0.3) is 21.5 Å². The molecule has 1 aromatic carbocycles. The smallest absolute Gasteiger partial charge is 0.268 e. The molecule has 0 unspecified atom stereocenters. The molecule has 0 bridgehead atoms. The first-order valence-electron chi connectivity index (χ1n) is 9.96. The summed E-state index contributed by atoms with van der Waals surface area (Å²) in [6, 6.07) is 9.75. The summed E-state index contributed by atoms with van der Waals surface area (Å²) >= 11 is 1.39. The van der Waals surface area contributed by atoms with Crippen LogP contribution in [-0.2, 0) is 13.1 Å². The summed E-state index contributed by atoms with van der Waals surface area (Å²) in [7, 11) is 4.03. The number of fused-ring (bicyclic) bond motifs is 1. The number of imidazole rings is 1. The van der Waals surface area contributed by atoms with E-state index in [9.17, 15) is 9.90 Å². The lowest BCUT2D eigenvalue weighted by Crippen LogP contribution is -2.27. The number of aromatic nitrogens is 4. The monoisotopic (exact) mass is 438 g/mol. The number of anilines is 1. The van der Waals surface area contributed by atoms with Crippen molar-refractivity contribution >= 4 is 34.2 Å². The highest BCUT2D eigenvalue weighted by molar-refractivity contribution is 7.17. The summed E-state index contributed by atoms with van der Waals surface area (Å²) < 4.78 is 1.86. The minimum atomic E-state index is -0.965. The number of aliphatic hydroxyl groups is 1. The third kappa shape index (κ3) is 4.84. The van der Waals surface area contributed by atoms with Crippen LogP contribution >= 0.6 is 11.3 Å². The van der Waals surface area contributed by atoms with Gasteiger partial charge in [-0.3, -0.25) is 15.2 Å². The number of carbonyl (C=O) groups is 1. The van der Waals surface area contributed by atoms with E-state index < -0.39 is 5.60 Å². The number of thiophene rings is 1. The number of H-pyrrole nitrogens is 1. The quantitative estimate of drug-likeness (QED) is 0.410. The SMILES string of the molecule is CN(C)Cc1ccc2c(c1)nc(NC(=O)c1ccc(-c3cn[nH]c3)s1)n2CC(C)(C)O. The number of hydrogen-bond donors (Lipinski definition) is 3. The van der Waals surface area contributed by atoms with Gasteiger partial charge in [-0.05, 0) is 57.8 Å². The van der Waals surface area contributed by atoms with Gasteiger partial charge in [0.25, 0.3) is 5.91 Å². The Morgan fingerprint density at radius 2 is 2.10 bits per heavy atom. The van der Waals surface area contributed by atoms with E-state index in [0.717, 1.165) is 33.6 Å². The van der Waals surface area contributed by atoms with Gasteiger partial charge in [-0.1, -0.05) is 6.07 Å². The molecule has 0 saturated carbocycles. The first-order valence-corrected chi connectivity index (χ1v) is 10.8. The van der Waals surface area contributed by atoms with Gasteiger partial charge >= 0.3 is 0 Å². The Kier molecular flexibility index (Phi) is 5.65. The molecule has 0 spiro atoms. The number of amides is 1. The molecular weight excluding hydrogens is 412 g/mol. The minimum absolute atomic E-state index is 0.236. The van der Waals surface area contributed by atoms with E-state index in [0.29, 0.717) is 17.4 Å². The highest BCUT2D eigenvalue weighted by atomic mass is 32.1. The zero-order valence-corrected chi connectivity index (χ0v) is 18.8. The molecule has 0 atom stereocenters. The van der Waals surface area contributed by atoms with Crippen molar-refractivity contribution in [2.45, 2.75) is 32.5 Å². The highest BCUT2D eigenvalue weighted by Crippen LogP contribution is 2.29. The van der Waals surface area contributed by atoms with Crippen LogP contribution in [0.2, 0.25) is 0 Å². The maximum Gasteiger partial charge on any atom is 0.268 e. The third-order valence-electron chi connectivity index (χ3n) is 4.69. The molecule has 31 heavy (non-hydrogen) atoms. The van der Waals surface area contributed by atoms with Crippen LogP contribution in [0.1, 0.15) is 29.1 Å². The molecule has 3 aromatic heterocycles. The minimum Gasteiger partial charge on any atom is -0.389 e. The molecule has 4 aromatic rings. The summed E-state index contributed by atoms with van der Waals surface area (Å²) in [6.45, 7) is 4.57. The molecule has 3 heterocycles. The van der Waals surface area contributed by atoms with Crippen LogP contribution in [0, 0.1) is 0 Å².